The van der Waals surface area contributed by atoms with E-state index in [0.717, 1.165) is 0 Å². The van der Waals surface area contributed by atoms with Crippen molar-refractivity contribution in [2.75, 3.05) is 19.5 Å². The van der Waals surface area contributed by atoms with Crippen LogP contribution >= 0.6 is 0 Å². The van der Waals surface area contributed by atoms with E-state index >= 15 is 0 Å². The second-order valence-corrected chi connectivity index (χ2v) is 4.94. The van der Waals surface area contributed by atoms with Crippen LogP contribution in [-0.4, -0.2) is 40.3 Å². The molecule has 0 saturated carbocycles. The molecule has 0 radical (unpaired) electrons. The molecule has 0 atom stereocenters. The Balaban J connectivity index is 1.95. The van der Waals surface area contributed by atoms with Crippen molar-refractivity contribution in [2.24, 2.45) is 0 Å². The highest BCUT2D eigenvalue weighted by atomic mass is 19.1. The zero-order chi connectivity index (χ0) is 17.8. The number of nitrogens with zero attached hydrogens (tertiary/aromatic N) is 4. The lowest BCUT2D eigenvalue weighted by Crippen LogP contribution is -2.16. The molecule has 0 aliphatic rings. The van der Waals surface area contributed by atoms with Crippen LogP contribution in [0.2, 0.25) is 0 Å². The zero-order valence-electron chi connectivity index (χ0n) is 13.4. The standard InChI is InChI=1S/C16H14FN5O3/c1-24-11-4-6-13(15(8-11)25-2)19-16(23)12-5-3-10(17)7-14(12)22-9-18-20-21-22/h3-9H,1-2H3,(H,19,23). The van der Waals surface area contributed by atoms with E-state index in [2.05, 4.69) is 20.8 Å². The highest BCUT2D eigenvalue weighted by molar-refractivity contribution is 6.07. The predicted octanol–water partition coefficient (Wildman–Crippen LogP) is 2.07. The summed E-state index contributed by atoms with van der Waals surface area (Å²) < 4.78 is 25.2. The van der Waals surface area contributed by atoms with Crippen molar-refractivity contribution in [1.29, 1.82) is 0 Å². The van der Waals surface area contributed by atoms with Crippen LogP contribution < -0.4 is 14.8 Å². The quantitative estimate of drug-likeness (QED) is 0.763. The number of carbonyl (C=O) groups excluding carboxylic acids is 1. The van der Waals surface area contributed by atoms with Gasteiger partial charge < -0.3 is 14.8 Å². The summed E-state index contributed by atoms with van der Waals surface area (Å²) in [6.45, 7) is 0. The molecule has 3 rings (SSSR count). The predicted molar refractivity (Wildman–Crippen MR) is 86.6 cm³/mol. The Kier molecular flexibility index (Phi) is 4.55. The first-order valence-electron chi connectivity index (χ1n) is 7.18. The van der Waals surface area contributed by atoms with Crippen LogP contribution in [0.25, 0.3) is 5.69 Å². The number of hydrogen-bond donors (Lipinski definition) is 1. The van der Waals surface area contributed by atoms with Gasteiger partial charge in [0.2, 0.25) is 0 Å². The van der Waals surface area contributed by atoms with E-state index in [1.165, 1.54) is 43.4 Å². The van der Waals surface area contributed by atoms with Gasteiger partial charge in [0.25, 0.3) is 5.91 Å². The van der Waals surface area contributed by atoms with Gasteiger partial charge in [-0.2, -0.15) is 4.68 Å². The van der Waals surface area contributed by atoms with E-state index < -0.39 is 11.7 Å². The fourth-order valence-electron chi connectivity index (χ4n) is 2.25. The molecular formula is C16H14FN5O3. The van der Waals surface area contributed by atoms with Crippen LogP contribution in [0.15, 0.2) is 42.7 Å². The molecule has 9 heteroatoms. The van der Waals surface area contributed by atoms with Crippen LogP contribution in [0.4, 0.5) is 10.1 Å². The molecule has 1 aromatic heterocycles. The number of benzene rings is 2. The van der Waals surface area contributed by atoms with E-state index in [0.29, 0.717) is 17.2 Å². The van der Waals surface area contributed by atoms with Gasteiger partial charge in [0.15, 0.2) is 0 Å². The average molecular weight is 343 g/mol. The second-order valence-electron chi connectivity index (χ2n) is 4.94. The molecule has 0 saturated heterocycles. The normalized spacial score (nSPS) is 10.4. The SMILES string of the molecule is COc1ccc(NC(=O)c2ccc(F)cc2-n2cnnn2)c(OC)c1. The first-order valence-corrected chi connectivity index (χ1v) is 7.18. The van der Waals surface area contributed by atoms with E-state index in [9.17, 15) is 9.18 Å². The van der Waals surface area contributed by atoms with E-state index in [1.807, 2.05) is 0 Å². The fraction of sp³-hybridized carbons (Fsp3) is 0.125. The number of ether oxygens (including phenoxy) is 2. The summed E-state index contributed by atoms with van der Waals surface area (Å²) in [6, 6.07) is 8.70. The first-order chi connectivity index (χ1) is 12.1. The van der Waals surface area contributed by atoms with Gasteiger partial charge >= 0.3 is 0 Å². The Morgan fingerprint density at radius 3 is 2.68 bits per heavy atom. The van der Waals surface area contributed by atoms with Crippen molar-refractivity contribution < 1.29 is 18.7 Å². The van der Waals surface area contributed by atoms with Gasteiger partial charge in [-0.25, -0.2) is 4.39 Å². The molecule has 8 nitrogen and oxygen atoms in total. The maximum Gasteiger partial charge on any atom is 0.257 e. The Morgan fingerprint density at radius 2 is 2.00 bits per heavy atom. The van der Waals surface area contributed by atoms with Crippen molar-refractivity contribution in [3.8, 4) is 17.2 Å². The van der Waals surface area contributed by atoms with Crippen LogP contribution in [0.5, 0.6) is 11.5 Å². The maximum absolute atomic E-state index is 13.6. The monoisotopic (exact) mass is 343 g/mol. The molecule has 3 aromatic rings. The number of tetrazole rings is 1. The van der Waals surface area contributed by atoms with Crippen LogP contribution in [0.1, 0.15) is 10.4 Å². The summed E-state index contributed by atoms with van der Waals surface area (Å²) in [5.74, 6) is 0.0443. The summed E-state index contributed by atoms with van der Waals surface area (Å²) in [5, 5.41) is 13.4. The molecule has 0 bridgehead atoms. The summed E-state index contributed by atoms with van der Waals surface area (Å²) in [7, 11) is 3.01. The molecule has 25 heavy (non-hydrogen) atoms. The van der Waals surface area contributed by atoms with Crippen molar-refractivity contribution >= 4 is 11.6 Å². The number of hydrogen-bond acceptors (Lipinski definition) is 6. The third kappa shape index (κ3) is 3.39. The summed E-state index contributed by atoms with van der Waals surface area (Å²) in [6.07, 6.45) is 1.28. The maximum atomic E-state index is 13.6. The molecule has 1 N–H and O–H groups in total. The average Bonchev–Trinajstić information content (AvgIpc) is 3.16. The summed E-state index contributed by atoms with van der Waals surface area (Å²) in [5.41, 5.74) is 0.863. The largest absolute Gasteiger partial charge is 0.497 e. The van der Waals surface area contributed by atoms with Crippen LogP contribution in [0.3, 0.4) is 0 Å². The van der Waals surface area contributed by atoms with Crippen LogP contribution in [-0.2, 0) is 0 Å². The number of amides is 1. The van der Waals surface area contributed by atoms with Gasteiger partial charge in [-0.15, -0.1) is 5.10 Å². The zero-order valence-corrected chi connectivity index (χ0v) is 13.4. The van der Waals surface area contributed by atoms with E-state index in [4.69, 9.17) is 9.47 Å². The van der Waals surface area contributed by atoms with E-state index in [-0.39, 0.29) is 11.3 Å². The smallest absolute Gasteiger partial charge is 0.257 e. The highest BCUT2D eigenvalue weighted by Crippen LogP contribution is 2.29. The van der Waals surface area contributed by atoms with Gasteiger partial charge in [0.05, 0.1) is 31.2 Å². The van der Waals surface area contributed by atoms with Crippen LogP contribution in [0, 0.1) is 5.82 Å². The first kappa shape index (κ1) is 16.4. The Hall–Kier alpha value is -3.49. The number of aromatic nitrogens is 4. The summed E-state index contributed by atoms with van der Waals surface area (Å²) >= 11 is 0. The Labute approximate surface area is 142 Å². The number of anilines is 1. The van der Waals surface area contributed by atoms with Gasteiger partial charge in [-0.1, -0.05) is 0 Å². The molecule has 2 aromatic carbocycles. The molecule has 1 amide bonds. The highest BCUT2D eigenvalue weighted by Gasteiger charge is 2.17. The molecular weight excluding hydrogens is 329 g/mol. The third-order valence-electron chi connectivity index (χ3n) is 3.46. The van der Waals surface area contributed by atoms with Crippen molar-refractivity contribution in [2.45, 2.75) is 0 Å². The molecule has 1 heterocycles. The molecule has 0 spiro atoms. The van der Waals surface area contributed by atoms with Gasteiger partial charge in [-0.05, 0) is 34.7 Å². The Bertz CT molecular complexity index is 899. The number of halogens is 1. The molecule has 0 fully saturated rings. The minimum absolute atomic E-state index is 0.201. The number of methoxy groups -OCH3 is 2. The molecule has 0 aliphatic carbocycles. The van der Waals surface area contributed by atoms with Gasteiger partial charge in [0.1, 0.15) is 23.6 Å². The molecule has 0 unspecified atom stereocenters. The Morgan fingerprint density at radius 1 is 1.16 bits per heavy atom. The van der Waals surface area contributed by atoms with Crippen molar-refractivity contribution in [3.05, 3.63) is 54.1 Å². The topological polar surface area (TPSA) is 91.2 Å². The second kappa shape index (κ2) is 6.95. The van der Waals surface area contributed by atoms with E-state index in [1.54, 1.807) is 18.2 Å². The molecule has 0 aliphatic heterocycles. The number of nitrogens with one attached hydrogen (secondary N) is 1. The van der Waals surface area contributed by atoms with Crippen molar-refractivity contribution in [1.82, 2.24) is 20.2 Å². The summed E-state index contributed by atoms with van der Waals surface area (Å²) in [4.78, 5) is 12.7. The third-order valence-corrected chi connectivity index (χ3v) is 3.46. The van der Waals surface area contributed by atoms with Crippen molar-refractivity contribution in [3.63, 3.8) is 0 Å². The fourth-order valence-corrected chi connectivity index (χ4v) is 2.25. The van der Waals surface area contributed by atoms with Gasteiger partial charge in [-0.3, -0.25) is 4.79 Å². The molecule has 128 valence electrons. The van der Waals surface area contributed by atoms with Gasteiger partial charge in [0, 0.05) is 12.1 Å². The minimum atomic E-state index is -0.510. The minimum Gasteiger partial charge on any atom is -0.497 e. The lowest BCUT2D eigenvalue weighted by atomic mass is 10.1. The lowest BCUT2D eigenvalue weighted by Gasteiger charge is -2.13. The number of carbonyl (C=O) groups is 1. The number of rotatable bonds is 5. The lowest BCUT2D eigenvalue weighted by molar-refractivity contribution is 0.102.